The third-order valence-electron chi connectivity index (χ3n) is 2.10. The second kappa shape index (κ2) is 8.78. The van der Waals surface area contributed by atoms with Gasteiger partial charge in [-0.1, -0.05) is 0 Å². The van der Waals surface area contributed by atoms with Crippen LogP contribution < -0.4 is 4.74 Å². The molecule has 0 aliphatic heterocycles. The van der Waals surface area contributed by atoms with Crippen LogP contribution >= 0.6 is 15.9 Å². The van der Waals surface area contributed by atoms with E-state index in [0.717, 1.165) is 6.42 Å². The molecule has 0 unspecified atom stereocenters. The van der Waals surface area contributed by atoms with Gasteiger partial charge in [0.2, 0.25) is 0 Å². The fraction of sp³-hybridized carbons (Fsp3) is 0.545. The zero-order chi connectivity index (χ0) is 14.1. The maximum absolute atomic E-state index is 10.8. The minimum Gasteiger partial charge on any atom is -0.470 e. The van der Waals surface area contributed by atoms with E-state index in [4.69, 9.17) is 14.2 Å². The molecule has 0 N–H and O–H groups in total. The Hall–Kier alpha value is -1.25. The lowest BCUT2D eigenvalue weighted by molar-refractivity contribution is -0.386. The smallest absolute Gasteiger partial charge is 0.332 e. The second-order valence-electron chi connectivity index (χ2n) is 3.54. The van der Waals surface area contributed by atoms with E-state index in [9.17, 15) is 10.1 Å². The van der Waals surface area contributed by atoms with Crippen LogP contribution in [0.15, 0.2) is 16.7 Å². The van der Waals surface area contributed by atoms with Gasteiger partial charge in [-0.05, 0) is 22.4 Å². The van der Waals surface area contributed by atoms with Crippen LogP contribution in [-0.2, 0) is 9.47 Å². The van der Waals surface area contributed by atoms with Gasteiger partial charge in [0.15, 0.2) is 0 Å². The van der Waals surface area contributed by atoms with Crippen molar-refractivity contribution in [3.63, 3.8) is 0 Å². The van der Waals surface area contributed by atoms with Gasteiger partial charge < -0.3 is 14.2 Å². The highest BCUT2D eigenvalue weighted by atomic mass is 79.9. The zero-order valence-electron chi connectivity index (χ0n) is 10.5. The number of rotatable bonds is 9. The van der Waals surface area contributed by atoms with Gasteiger partial charge in [-0.15, -0.1) is 0 Å². The molecular weight excluding hydrogens is 320 g/mol. The van der Waals surface area contributed by atoms with E-state index in [1.807, 2.05) is 0 Å². The van der Waals surface area contributed by atoms with E-state index in [2.05, 4.69) is 20.9 Å². The number of nitro groups is 1. The lowest BCUT2D eigenvalue weighted by atomic mass is 10.4. The van der Waals surface area contributed by atoms with Crippen LogP contribution in [0.3, 0.4) is 0 Å². The summed E-state index contributed by atoms with van der Waals surface area (Å²) in [7, 11) is 1.63. The monoisotopic (exact) mass is 334 g/mol. The molecule has 1 rings (SSSR count). The van der Waals surface area contributed by atoms with Crippen molar-refractivity contribution in [3.8, 4) is 5.88 Å². The highest BCUT2D eigenvalue weighted by molar-refractivity contribution is 9.10. The first-order valence-corrected chi connectivity index (χ1v) is 6.44. The number of nitrogens with zero attached hydrogens (tertiary/aromatic N) is 2. The minimum atomic E-state index is -0.535. The van der Waals surface area contributed by atoms with E-state index in [-0.39, 0.29) is 18.2 Å². The fourth-order valence-electron chi connectivity index (χ4n) is 1.26. The van der Waals surface area contributed by atoms with Crippen LogP contribution in [0.1, 0.15) is 6.42 Å². The molecule has 0 radical (unpaired) electrons. The molecule has 0 saturated heterocycles. The van der Waals surface area contributed by atoms with Crippen molar-refractivity contribution in [2.75, 3.05) is 33.5 Å². The number of pyridine rings is 1. The topological polar surface area (TPSA) is 83.7 Å². The Bertz CT molecular complexity index is 416. The Morgan fingerprint density at radius 2 is 2.16 bits per heavy atom. The minimum absolute atomic E-state index is 0.00584. The van der Waals surface area contributed by atoms with Gasteiger partial charge >= 0.3 is 5.69 Å². The Morgan fingerprint density at radius 1 is 1.37 bits per heavy atom. The maximum Gasteiger partial charge on any atom is 0.332 e. The van der Waals surface area contributed by atoms with Crippen LogP contribution in [0.5, 0.6) is 5.88 Å². The molecule has 0 aromatic carbocycles. The molecule has 1 aromatic rings. The summed E-state index contributed by atoms with van der Waals surface area (Å²) in [5.74, 6) is -0.00584. The molecule has 19 heavy (non-hydrogen) atoms. The number of methoxy groups -OCH3 is 1. The quantitative estimate of drug-likeness (QED) is 0.391. The van der Waals surface area contributed by atoms with Crippen LogP contribution in [0.2, 0.25) is 0 Å². The number of aromatic nitrogens is 1. The Kier molecular flexibility index (Phi) is 7.31. The first-order valence-electron chi connectivity index (χ1n) is 5.64. The Labute approximate surface area is 119 Å². The molecule has 1 heterocycles. The van der Waals surface area contributed by atoms with Crippen molar-refractivity contribution < 1.29 is 19.1 Å². The van der Waals surface area contributed by atoms with Crippen molar-refractivity contribution in [1.29, 1.82) is 0 Å². The van der Waals surface area contributed by atoms with Gasteiger partial charge in [-0.2, -0.15) is 0 Å². The van der Waals surface area contributed by atoms with Crippen LogP contribution in [-0.4, -0.2) is 43.4 Å². The first kappa shape index (κ1) is 15.8. The van der Waals surface area contributed by atoms with Crippen molar-refractivity contribution in [2.24, 2.45) is 0 Å². The van der Waals surface area contributed by atoms with Gasteiger partial charge in [0.1, 0.15) is 6.61 Å². The largest absolute Gasteiger partial charge is 0.470 e. The highest BCUT2D eigenvalue weighted by Crippen LogP contribution is 2.27. The van der Waals surface area contributed by atoms with Crippen LogP contribution in [0, 0.1) is 10.1 Å². The molecule has 0 atom stereocenters. The van der Waals surface area contributed by atoms with Gasteiger partial charge in [0, 0.05) is 37.1 Å². The molecule has 0 spiro atoms. The lowest BCUT2D eigenvalue weighted by Gasteiger charge is -2.06. The predicted octanol–water partition coefficient (Wildman–Crippen LogP) is 2.18. The number of hydrogen-bond donors (Lipinski definition) is 0. The molecule has 106 valence electrons. The number of halogens is 1. The van der Waals surface area contributed by atoms with E-state index >= 15 is 0 Å². The molecule has 7 nitrogen and oxygen atoms in total. The Morgan fingerprint density at radius 3 is 2.84 bits per heavy atom. The van der Waals surface area contributed by atoms with E-state index < -0.39 is 4.92 Å². The van der Waals surface area contributed by atoms with Crippen molar-refractivity contribution in [1.82, 2.24) is 4.98 Å². The van der Waals surface area contributed by atoms with Gasteiger partial charge in [0.25, 0.3) is 5.88 Å². The average Bonchev–Trinajstić information content (AvgIpc) is 2.39. The summed E-state index contributed by atoms with van der Waals surface area (Å²) in [6.45, 7) is 1.76. The molecule has 0 fully saturated rings. The zero-order valence-corrected chi connectivity index (χ0v) is 12.1. The molecule has 0 saturated carbocycles. The van der Waals surface area contributed by atoms with Crippen LogP contribution in [0.25, 0.3) is 0 Å². The third-order valence-corrected chi connectivity index (χ3v) is 2.53. The standard InChI is InChI=1S/C11H15BrN2O5/c1-17-3-2-4-18-5-6-19-11-10(14(15)16)7-9(12)8-13-11/h7-8H,2-6H2,1H3. The maximum atomic E-state index is 10.8. The van der Waals surface area contributed by atoms with Gasteiger partial charge in [-0.25, -0.2) is 4.98 Å². The summed E-state index contributed by atoms with van der Waals surface area (Å²) in [6, 6.07) is 1.35. The summed E-state index contributed by atoms with van der Waals surface area (Å²) in [6.07, 6.45) is 2.24. The summed E-state index contributed by atoms with van der Waals surface area (Å²) < 4.78 is 15.9. The Balaban J connectivity index is 2.35. The molecule has 0 bridgehead atoms. The normalized spacial score (nSPS) is 10.4. The summed E-state index contributed by atoms with van der Waals surface area (Å²) in [5, 5.41) is 10.8. The molecule has 1 aromatic heterocycles. The molecule has 8 heteroatoms. The summed E-state index contributed by atoms with van der Waals surface area (Å²) >= 11 is 3.12. The molecular formula is C11H15BrN2O5. The first-order chi connectivity index (χ1) is 9.15. The van der Waals surface area contributed by atoms with Gasteiger partial charge in [0.05, 0.1) is 11.5 Å². The highest BCUT2D eigenvalue weighted by Gasteiger charge is 2.17. The molecule has 0 aliphatic carbocycles. The number of ether oxygens (including phenoxy) is 3. The van der Waals surface area contributed by atoms with Crippen molar-refractivity contribution >= 4 is 21.6 Å². The average molecular weight is 335 g/mol. The molecule has 0 amide bonds. The predicted molar refractivity (Wildman–Crippen MR) is 71.4 cm³/mol. The third kappa shape index (κ3) is 5.95. The van der Waals surface area contributed by atoms with E-state index in [1.165, 1.54) is 12.3 Å². The van der Waals surface area contributed by atoms with Gasteiger partial charge in [-0.3, -0.25) is 10.1 Å². The van der Waals surface area contributed by atoms with Crippen molar-refractivity contribution in [3.05, 3.63) is 26.9 Å². The fourth-order valence-corrected chi connectivity index (χ4v) is 1.58. The second-order valence-corrected chi connectivity index (χ2v) is 4.46. The summed E-state index contributed by atoms with van der Waals surface area (Å²) in [4.78, 5) is 14.1. The number of hydrogen-bond acceptors (Lipinski definition) is 6. The lowest BCUT2D eigenvalue weighted by Crippen LogP contribution is -2.10. The van der Waals surface area contributed by atoms with Crippen molar-refractivity contribution in [2.45, 2.75) is 6.42 Å². The van der Waals surface area contributed by atoms with E-state index in [1.54, 1.807) is 7.11 Å². The molecule has 0 aliphatic rings. The SMILES string of the molecule is COCCCOCCOc1ncc(Br)cc1[N+](=O)[O-]. The van der Waals surface area contributed by atoms with Crippen LogP contribution in [0.4, 0.5) is 5.69 Å². The van der Waals surface area contributed by atoms with E-state index in [0.29, 0.717) is 24.3 Å². The summed E-state index contributed by atoms with van der Waals surface area (Å²) in [5.41, 5.74) is -0.172.